The summed E-state index contributed by atoms with van der Waals surface area (Å²) >= 11 is 3.26. The topological polar surface area (TPSA) is 3.24 Å². The fourth-order valence-electron chi connectivity index (χ4n) is 3.05. The van der Waals surface area contributed by atoms with Gasteiger partial charge in [0.1, 0.15) is 5.82 Å². The van der Waals surface area contributed by atoms with Crippen molar-refractivity contribution in [3.05, 3.63) is 34.1 Å². The minimum absolute atomic E-state index is 0.185. The van der Waals surface area contributed by atoms with Gasteiger partial charge in [0.2, 0.25) is 0 Å². The summed E-state index contributed by atoms with van der Waals surface area (Å²) in [5.74, 6) is 0.750. The average Bonchev–Trinajstić information content (AvgIpc) is 2.43. The molecule has 0 spiro atoms. The molecule has 0 unspecified atom stereocenters. The highest BCUT2D eigenvalue weighted by Gasteiger charge is 2.23. The molecule has 2 rings (SSSR count). The number of halogens is 2. The van der Waals surface area contributed by atoms with E-state index < -0.39 is 0 Å². The van der Waals surface area contributed by atoms with Gasteiger partial charge in [-0.1, -0.05) is 19.4 Å². The van der Waals surface area contributed by atoms with Crippen LogP contribution < -0.4 is 0 Å². The number of benzene rings is 1. The van der Waals surface area contributed by atoms with Gasteiger partial charge in [0.05, 0.1) is 4.47 Å². The maximum absolute atomic E-state index is 13.2. The normalized spacial score (nSPS) is 23.8. The fourth-order valence-corrected chi connectivity index (χ4v) is 3.48. The van der Waals surface area contributed by atoms with Gasteiger partial charge >= 0.3 is 0 Å². The van der Waals surface area contributed by atoms with E-state index in [-0.39, 0.29) is 5.82 Å². The lowest BCUT2D eigenvalue weighted by Gasteiger charge is -2.34. The van der Waals surface area contributed by atoms with E-state index in [9.17, 15) is 4.39 Å². The lowest BCUT2D eigenvalue weighted by Crippen LogP contribution is -2.34. The average molecular weight is 328 g/mol. The molecule has 1 aliphatic carbocycles. The summed E-state index contributed by atoms with van der Waals surface area (Å²) in [7, 11) is 2.19. The monoisotopic (exact) mass is 327 g/mol. The van der Waals surface area contributed by atoms with Crippen LogP contribution in [0.25, 0.3) is 0 Å². The number of hydrogen-bond donors (Lipinski definition) is 0. The molecule has 0 amide bonds. The van der Waals surface area contributed by atoms with E-state index in [0.717, 1.165) is 12.5 Å². The summed E-state index contributed by atoms with van der Waals surface area (Å²) in [6.07, 6.45) is 6.65. The van der Waals surface area contributed by atoms with Gasteiger partial charge in [-0.3, -0.25) is 4.90 Å². The molecule has 0 atom stereocenters. The molecule has 3 heteroatoms. The molecular weight excluding hydrogens is 305 g/mol. The zero-order valence-corrected chi connectivity index (χ0v) is 13.4. The summed E-state index contributed by atoms with van der Waals surface area (Å²) in [4.78, 5) is 2.42. The Hall–Kier alpha value is -0.410. The molecule has 0 bridgehead atoms. The summed E-state index contributed by atoms with van der Waals surface area (Å²) < 4.78 is 13.8. The van der Waals surface area contributed by atoms with Gasteiger partial charge in [0, 0.05) is 12.6 Å². The Labute approximate surface area is 124 Å². The van der Waals surface area contributed by atoms with Crippen molar-refractivity contribution >= 4 is 15.9 Å². The molecule has 0 aliphatic heterocycles. The zero-order chi connectivity index (χ0) is 13.8. The van der Waals surface area contributed by atoms with Crippen LogP contribution in [-0.2, 0) is 6.54 Å². The first-order valence-corrected chi connectivity index (χ1v) is 8.03. The first-order valence-electron chi connectivity index (χ1n) is 7.24. The van der Waals surface area contributed by atoms with Crippen LogP contribution >= 0.6 is 15.9 Å². The number of rotatable bonds is 4. The molecule has 0 saturated heterocycles. The van der Waals surface area contributed by atoms with Crippen molar-refractivity contribution in [2.45, 2.75) is 51.6 Å². The van der Waals surface area contributed by atoms with E-state index in [0.29, 0.717) is 10.5 Å². The Morgan fingerprint density at radius 3 is 2.53 bits per heavy atom. The highest BCUT2D eigenvalue weighted by molar-refractivity contribution is 9.10. The second-order valence-electron chi connectivity index (χ2n) is 5.75. The maximum atomic E-state index is 13.2. The van der Waals surface area contributed by atoms with Crippen LogP contribution in [0, 0.1) is 11.7 Å². The highest BCUT2D eigenvalue weighted by atomic mass is 79.9. The molecule has 1 fully saturated rings. The molecule has 106 valence electrons. The molecule has 0 aromatic heterocycles. The Morgan fingerprint density at radius 1 is 1.26 bits per heavy atom. The molecule has 0 radical (unpaired) electrons. The van der Waals surface area contributed by atoms with E-state index in [1.165, 1.54) is 37.7 Å². The zero-order valence-electron chi connectivity index (χ0n) is 11.8. The second-order valence-corrected chi connectivity index (χ2v) is 6.60. The third-order valence-electron chi connectivity index (χ3n) is 4.43. The van der Waals surface area contributed by atoms with Crippen molar-refractivity contribution in [3.63, 3.8) is 0 Å². The molecule has 1 aliphatic rings. The molecule has 1 aromatic rings. The summed E-state index contributed by atoms with van der Waals surface area (Å²) in [5.41, 5.74) is 1.17. The Bertz CT molecular complexity index is 413. The lowest BCUT2D eigenvalue weighted by molar-refractivity contribution is 0.157. The summed E-state index contributed by atoms with van der Waals surface area (Å²) in [6, 6.07) is 6.01. The Kier molecular flexibility index (Phi) is 5.40. The SMILES string of the molecule is CCC1CCC(N(C)Cc2ccc(F)c(Br)c2)CC1. The minimum atomic E-state index is -0.185. The number of hydrogen-bond acceptors (Lipinski definition) is 1. The highest BCUT2D eigenvalue weighted by Crippen LogP contribution is 2.29. The second kappa shape index (κ2) is 6.85. The van der Waals surface area contributed by atoms with Gasteiger partial charge in [-0.2, -0.15) is 0 Å². The van der Waals surface area contributed by atoms with Gasteiger partial charge < -0.3 is 0 Å². The van der Waals surface area contributed by atoms with Gasteiger partial charge in [0.15, 0.2) is 0 Å². The molecule has 0 N–H and O–H groups in total. The van der Waals surface area contributed by atoms with Crippen molar-refractivity contribution in [2.24, 2.45) is 5.92 Å². The molecule has 1 aromatic carbocycles. The van der Waals surface area contributed by atoms with E-state index >= 15 is 0 Å². The van der Waals surface area contributed by atoms with Crippen molar-refractivity contribution in [2.75, 3.05) is 7.05 Å². The molecule has 1 nitrogen and oxygen atoms in total. The lowest BCUT2D eigenvalue weighted by atomic mass is 9.84. The van der Waals surface area contributed by atoms with E-state index in [2.05, 4.69) is 34.8 Å². The van der Waals surface area contributed by atoms with Crippen LogP contribution in [0.3, 0.4) is 0 Å². The predicted octanol–water partition coefficient (Wildman–Crippen LogP) is 4.99. The van der Waals surface area contributed by atoms with E-state index in [1.807, 2.05) is 12.1 Å². The van der Waals surface area contributed by atoms with E-state index in [4.69, 9.17) is 0 Å². The van der Waals surface area contributed by atoms with Crippen LogP contribution in [0.4, 0.5) is 4.39 Å². The quantitative estimate of drug-likeness (QED) is 0.753. The van der Waals surface area contributed by atoms with Crippen LogP contribution in [-0.4, -0.2) is 18.0 Å². The molecular formula is C16H23BrFN. The van der Waals surface area contributed by atoms with Crippen molar-refractivity contribution in [1.82, 2.24) is 4.90 Å². The third-order valence-corrected chi connectivity index (χ3v) is 5.04. The van der Waals surface area contributed by atoms with Crippen molar-refractivity contribution in [3.8, 4) is 0 Å². The van der Waals surface area contributed by atoms with Gasteiger partial charge in [-0.05, 0) is 72.3 Å². The fraction of sp³-hybridized carbons (Fsp3) is 0.625. The smallest absolute Gasteiger partial charge is 0.137 e. The molecule has 1 saturated carbocycles. The van der Waals surface area contributed by atoms with Crippen molar-refractivity contribution in [1.29, 1.82) is 0 Å². The Morgan fingerprint density at radius 2 is 1.95 bits per heavy atom. The summed E-state index contributed by atoms with van der Waals surface area (Å²) in [6.45, 7) is 3.20. The van der Waals surface area contributed by atoms with Gasteiger partial charge in [0.25, 0.3) is 0 Å². The molecule has 19 heavy (non-hydrogen) atoms. The third kappa shape index (κ3) is 4.03. The predicted molar refractivity (Wildman–Crippen MR) is 81.6 cm³/mol. The molecule has 0 heterocycles. The minimum Gasteiger partial charge on any atom is -0.299 e. The van der Waals surface area contributed by atoms with Crippen LogP contribution in [0.5, 0.6) is 0 Å². The summed E-state index contributed by atoms with van der Waals surface area (Å²) in [5, 5.41) is 0. The number of nitrogens with zero attached hydrogens (tertiary/aromatic N) is 1. The maximum Gasteiger partial charge on any atom is 0.137 e. The van der Waals surface area contributed by atoms with Gasteiger partial charge in [-0.25, -0.2) is 4.39 Å². The van der Waals surface area contributed by atoms with Crippen LogP contribution in [0.15, 0.2) is 22.7 Å². The van der Waals surface area contributed by atoms with Crippen LogP contribution in [0.1, 0.15) is 44.6 Å². The standard InChI is InChI=1S/C16H23BrFN/c1-3-12-4-7-14(8-5-12)19(2)11-13-6-9-16(18)15(17)10-13/h6,9-10,12,14H,3-5,7-8,11H2,1-2H3. The van der Waals surface area contributed by atoms with E-state index in [1.54, 1.807) is 6.07 Å². The first kappa shape index (κ1) is 15.0. The largest absolute Gasteiger partial charge is 0.299 e. The van der Waals surface area contributed by atoms with Crippen molar-refractivity contribution < 1.29 is 4.39 Å². The van der Waals surface area contributed by atoms with Crippen LogP contribution in [0.2, 0.25) is 0 Å². The first-order chi connectivity index (χ1) is 9.10. The Balaban J connectivity index is 1.90. The van der Waals surface area contributed by atoms with Gasteiger partial charge in [-0.15, -0.1) is 0 Å².